The molecular formula is C20H26N2OS. The number of fused-ring (bicyclic) bond motifs is 1. The van der Waals surface area contributed by atoms with Crippen molar-refractivity contribution in [2.45, 2.75) is 24.6 Å². The van der Waals surface area contributed by atoms with Crippen LogP contribution < -0.4 is 0 Å². The fourth-order valence-corrected chi connectivity index (χ4v) is 4.31. The average molecular weight is 343 g/mol. The second kappa shape index (κ2) is 8.04. The number of carbonyl (C=O) groups is 1. The predicted octanol–water partition coefficient (Wildman–Crippen LogP) is 3.63. The molecule has 0 unspecified atom stereocenters. The van der Waals surface area contributed by atoms with E-state index in [1.165, 1.54) is 16.3 Å². The van der Waals surface area contributed by atoms with Gasteiger partial charge in [-0.3, -0.25) is 4.79 Å². The van der Waals surface area contributed by atoms with Crippen molar-refractivity contribution in [1.29, 1.82) is 0 Å². The van der Waals surface area contributed by atoms with Crippen molar-refractivity contribution in [3.63, 3.8) is 0 Å². The molecule has 1 fully saturated rings. The molecule has 0 saturated carbocycles. The molecule has 3 rings (SSSR count). The molecule has 2 aromatic rings. The highest BCUT2D eigenvalue weighted by atomic mass is 32.2. The summed E-state index contributed by atoms with van der Waals surface area (Å²) in [6, 6.07) is 15.3. The smallest absolute Gasteiger partial charge is 0.232 e. The molecule has 0 aliphatic carbocycles. The molecule has 1 saturated heterocycles. The van der Waals surface area contributed by atoms with Crippen LogP contribution in [0.4, 0.5) is 0 Å². The molecule has 24 heavy (non-hydrogen) atoms. The van der Waals surface area contributed by atoms with Gasteiger partial charge in [0.25, 0.3) is 0 Å². The fraction of sp³-hybridized carbons (Fsp3) is 0.450. The zero-order valence-electron chi connectivity index (χ0n) is 14.6. The number of amides is 1. The van der Waals surface area contributed by atoms with Gasteiger partial charge in [0.05, 0.1) is 5.75 Å². The molecule has 0 aromatic heterocycles. The highest BCUT2D eigenvalue weighted by molar-refractivity contribution is 7.99. The summed E-state index contributed by atoms with van der Waals surface area (Å²) in [4.78, 5) is 16.8. The molecule has 0 spiro atoms. The minimum atomic E-state index is 0.259. The third kappa shape index (κ3) is 4.11. The quantitative estimate of drug-likeness (QED) is 0.829. The van der Waals surface area contributed by atoms with Gasteiger partial charge < -0.3 is 9.80 Å². The molecule has 0 atom stereocenters. The van der Waals surface area contributed by atoms with Gasteiger partial charge in [-0.15, -0.1) is 11.8 Å². The molecule has 2 aromatic carbocycles. The van der Waals surface area contributed by atoms with Crippen LogP contribution in [0, 0.1) is 0 Å². The Balaban J connectivity index is 1.53. The van der Waals surface area contributed by atoms with E-state index in [1.807, 2.05) is 11.9 Å². The number of rotatable bonds is 5. The van der Waals surface area contributed by atoms with Gasteiger partial charge in [-0.1, -0.05) is 42.5 Å². The van der Waals surface area contributed by atoms with Crippen LogP contribution in [0.3, 0.4) is 0 Å². The number of nitrogens with zero attached hydrogens (tertiary/aromatic N) is 2. The molecule has 1 aliphatic rings. The summed E-state index contributed by atoms with van der Waals surface area (Å²) in [6.45, 7) is 2.18. The summed E-state index contributed by atoms with van der Waals surface area (Å²) in [6.07, 6.45) is 2.18. The monoisotopic (exact) mass is 342 g/mol. The third-order valence-electron chi connectivity index (χ3n) is 4.99. The molecule has 1 heterocycles. The number of hydrogen-bond acceptors (Lipinski definition) is 3. The van der Waals surface area contributed by atoms with E-state index < -0.39 is 0 Å². The van der Waals surface area contributed by atoms with Crippen LogP contribution in [0.15, 0.2) is 42.5 Å². The number of hydrogen-bond donors (Lipinski definition) is 0. The lowest BCUT2D eigenvalue weighted by molar-refractivity contribution is -0.129. The molecule has 1 aliphatic heterocycles. The van der Waals surface area contributed by atoms with E-state index in [2.05, 4.69) is 54.4 Å². The Morgan fingerprint density at radius 2 is 1.88 bits per heavy atom. The van der Waals surface area contributed by atoms with Crippen LogP contribution in [0.1, 0.15) is 18.4 Å². The first-order chi connectivity index (χ1) is 11.6. The maximum Gasteiger partial charge on any atom is 0.232 e. The lowest BCUT2D eigenvalue weighted by Crippen LogP contribution is -2.45. The van der Waals surface area contributed by atoms with Crippen molar-refractivity contribution in [1.82, 2.24) is 9.80 Å². The van der Waals surface area contributed by atoms with E-state index in [4.69, 9.17) is 0 Å². The molecule has 0 bridgehead atoms. The molecular weight excluding hydrogens is 316 g/mol. The van der Waals surface area contributed by atoms with Gasteiger partial charge in [0, 0.05) is 18.8 Å². The van der Waals surface area contributed by atoms with E-state index in [0.29, 0.717) is 11.8 Å². The first kappa shape index (κ1) is 17.3. The van der Waals surface area contributed by atoms with Crippen LogP contribution in [0.2, 0.25) is 0 Å². The Kier molecular flexibility index (Phi) is 5.80. The van der Waals surface area contributed by atoms with Crippen molar-refractivity contribution in [3.8, 4) is 0 Å². The Bertz CT molecular complexity index is 690. The van der Waals surface area contributed by atoms with Gasteiger partial charge in [-0.25, -0.2) is 0 Å². The average Bonchev–Trinajstić information content (AvgIpc) is 2.62. The minimum Gasteiger partial charge on any atom is -0.342 e. The minimum absolute atomic E-state index is 0.259. The van der Waals surface area contributed by atoms with E-state index in [9.17, 15) is 4.79 Å². The number of carbonyl (C=O) groups excluding carboxylic acids is 1. The Morgan fingerprint density at radius 3 is 2.67 bits per heavy atom. The first-order valence-corrected chi connectivity index (χ1v) is 9.79. The van der Waals surface area contributed by atoms with Gasteiger partial charge in [-0.05, 0) is 49.3 Å². The van der Waals surface area contributed by atoms with E-state index in [0.717, 1.165) is 31.7 Å². The van der Waals surface area contributed by atoms with Gasteiger partial charge >= 0.3 is 0 Å². The van der Waals surface area contributed by atoms with E-state index in [-0.39, 0.29) is 5.91 Å². The highest BCUT2D eigenvalue weighted by Gasteiger charge is 2.23. The second-order valence-electron chi connectivity index (χ2n) is 6.67. The van der Waals surface area contributed by atoms with Crippen molar-refractivity contribution in [2.75, 3.05) is 32.9 Å². The fourth-order valence-electron chi connectivity index (χ4n) is 3.35. The maximum absolute atomic E-state index is 12.5. The normalized spacial score (nSPS) is 16.4. The lowest BCUT2D eigenvalue weighted by Gasteiger charge is -2.35. The number of piperidine rings is 1. The zero-order valence-corrected chi connectivity index (χ0v) is 15.4. The number of benzene rings is 2. The number of likely N-dealkylation sites (tertiary alicyclic amines) is 1. The van der Waals surface area contributed by atoms with Gasteiger partial charge in [0.1, 0.15) is 0 Å². The molecule has 4 heteroatoms. The standard InChI is InChI=1S/C20H26N2OS/c1-21-12-10-18(11-13-21)22(2)20(23)15-24-14-17-8-5-7-16-6-3-4-9-19(16)17/h3-9,18H,10-15H2,1-2H3. The summed E-state index contributed by atoms with van der Waals surface area (Å²) in [5, 5.41) is 2.56. The van der Waals surface area contributed by atoms with Crippen molar-refractivity contribution in [2.24, 2.45) is 0 Å². The summed E-state index contributed by atoms with van der Waals surface area (Å²) < 4.78 is 0. The number of thioether (sulfide) groups is 1. The lowest BCUT2D eigenvalue weighted by atomic mass is 10.0. The molecule has 0 N–H and O–H groups in total. The molecule has 3 nitrogen and oxygen atoms in total. The van der Waals surface area contributed by atoms with Crippen molar-refractivity contribution >= 4 is 28.4 Å². The highest BCUT2D eigenvalue weighted by Crippen LogP contribution is 2.23. The Morgan fingerprint density at radius 1 is 1.17 bits per heavy atom. The van der Waals surface area contributed by atoms with Crippen LogP contribution in [0.5, 0.6) is 0 Å². The molecule has 128 valence electrons. The van der Waals surface area contributed by atoms with E-state index >= 15 is 0 Å². The van der Waals surface area contributed by atoms with Gasteiger partial charge in [0.2, 0.25) is 5.91 Å². The largest absolute Gasteiger partial charge is 0.342 e. The molecule has 1 amide bonds. The summed E-state index contributed by atoms with van der Waals surface area (Å²) in [7, 11) is 4.12. The third-order valence-corrected chi connectivity index (χ3v) is 5.96. The van der Waals surface area contributed by atoms with Crippen molar-refractivity contribution < 1.29 is 4.79 Å². The van der Waals surface area contributed by atoms with Crippen LogP contribution in [-0.2, 0) is 10.5 Å². The van der Waals surface area contributed by atoms with Crippen LogP contribution in [0.25, 0.3) is 10.8 Å². The summed E-state index contributed by atoms with van der Waals surface area (Å²) in [5.74, 6) is 1.70. The second-order valence-corrected chi connectivity index (χ2v) is 7.66. The van der Waals surface area contributed by atoms with Gasteiger partial charge in [0.15, 0.2) is 0 Å². The SMILES string of the molecule is CN1CCC(N(C)C(=O)CSCc2cccc3ccccc23)CC1. The van der Waals surface area contributed by atoms with Crippen molar-refractivity contribution in [3.05, 3.63) is 48.0 Å². The van der Waals surface area contributed by atoms with Crippen LogP contribution >= 0.6 is 11.8 Å². The first-order valence-electron chi connectivity index (χ1n) is 8.64. The zero-order chi connectivity index (χ0) is 16.9. The summed E-state index contributed by atoms with van der Waals surface area (Å²) in [5.41, 5.74) is 1.31. The maximum atomic E-state index is 12.5. The molecule has 0 radical (unpaired) electrons. The van der Waals surface area contributed by atoms with E-state index in [1.54, 1.807) is 11.8 Å². The Labute approximate surface area is 149 Å². The Hall–Kier alpha value is -1.52. The van der Waals surface area contributed by atoms with Crippen LogP contribution in [-0.4, -0.2) is 54.7 Å². The van der Waals surface area contributed by atoms with Gasteiger partial charge in [-0.2, -0.15) is 0 Å². The topological polar surface area (TPSA) is 23.6 Å². The summed E-state index contributed by atoms with van der Waals surface area (Å²) >= 11 is 1.72. The predicted molar refractivity (Wildman–Crippen MR) is 103 cm³/mol.